The Morgan fingerprint density at radius 2 is 1.80 bits per heavy atom. The van der Waals surface area contributed by atoms with Crippen molar-refractivity contribution in [2.45, 2.75) is 72.1 Å². The van der Waals surface area contributed by atoms with Crippen LogP contribution in [-0.2, 0) is 4.79 Å². The van der Waals surface area contributed by atoms with Crippen LogP contribution in [-0.4, -0.2) is 42.9 Å². The van der Waals surface area contributed by atoms with E-state index in [0.717, 1.165) is 100 Å². The van der Waals surface area contributed by atoms with Crippen molar-refractivity contribution in [3.05, 3.63) is 23.8 Å². The molecule has 0 aromatic heterocycles. The molecule has 2 heterocycles. The third kappa shape index (κ3) is 5.55. The largest absolute Gasteiger partial charge is 0.371 e. The Morgan fingerprint density at radius 3 is 2.43 bits per heavy atom. The van der Waals surface area contributed by atoms with E-state index in [9.17, 15) is 9.59 Å². The van der Waals surface area contributed by atoms with E-state index < -0.39 is 0 Å². The molecule has 5 heteroatoms. The lowest BCUT2D eigenvalue weighted by Crippen LogP contribution is -2.36. The van der Waals surface area contributed by atoms with Crippen LogP contribution in [0.2, 0.25) is 0 Å². The van der Waals surface area contributed by atoms with Crippen LogP contribution in [0.3, 0.4) is 0 Å². The van der Waals surface area contributed by atoms with Gasteiger partial charge in [-0.05, 0) is 62.6 Å². The molecule has 1 aromatic rings. The molecule has 0 spiro atoms. The molecule has 2 saturated heterocycles. The predicted octanol–water partition coefficient (Wildman–Crippen LogP) is 5.31. The summed E-state index contributed by atoms with van der Waals surface area (Å²) in [5, 5.41) is 3.10. The van der Waals surface area contributed by atoms with E-state index in [1.807, 2.05) is 23.1 Å². The van der Waals surface area contributed by atoms with E-state index in [0.29, 0.717) is 0 Å². The first-order valence-electron chi connectivity index (χ1n) is 12.0. The Labute approximate surface area is 182 Å². The number of unbranched alkanes of at least 4 members (excludes halogenated alkanes) is 1. The molecule has 5 nitrogen and oxygen atoms in total. The van der Waals surface area contributed by atoms with Gasteiger partial charge in [-0.25, -0.2) is 0 Å². The van der Waals surface area contributed by atoms with Crippen LogP contribution in [0.25, 0.3) is 0 Å². The SMILES string of the molecule is CCCC[C@@H](CC)C(=O)Nc1ccc(N2CCC(C)CC2)c(C(=O)N2CCCC2)c1. The lowest BCUT2D eigenvalue weighted by molar-refractivity contribution is -0.120. The minimum Gasteiger partial charge on any atom is -0.371 e. The number of piperidine rings is 1. The number of rotatable bonds is 8. The maximum atomic E-state index is 13.3. The van der Waals surface area contributed by atoms with E-state index in [-0.39, 0.29) is 17.7 Å². The average molecular weight is 414 g/mol. The van der Waals surface area contributed by atoms with Crippen molar-refractivity contribution in [3.8, 4) is 0 Å². The van der Waals surface area contributed by atoms with E-state index in [1.54, 1.807) is 0 Å². The molecule has 0 saturated carbocycles. The van der Waals surface area contributed by atoms with Gasteiger partial charge in [-0.2, -0.15) is 0 Å². The average Bonchev–Trinajstić information content (AvgIpc) is 3.29. The molecule has 1 aromatic carbocycles. The molecule has 0 unspecified atom stereocenters. The number of amides is 2. The molecule has 0 bridgehead atoms. The second-order valence-corrected chi connectivity index (χ2v) is 9.14. The predicted molar refractivity (Wildman–Crippen MR) is 124 cm³/mol. The molecule has 2 aliphatic heterocycles. The lowest BCUT2D eigenvalue weighted by atomic mass is 9.97. The second-order valence-electron chi connectivity index (χ2n) is 9.14. The van der Waals surface area contributed by atoms with Gasteiger partial charge in [-0.3, -0.25) is 9.59 Å². The third-order valence-corrected chi connectivity index (χ3v) is 6.78. The molecule has 0 aliphatic carbocycles. The Kier molecular flexibility index (Phi) is 8.17. The smallest absolute Gasteiger partial charge is 0.256 e. The second kappa shape index (κ2) is 10.8. The number of anilines is 2. The summed E-state index contributed by atoms with van der Waals surface area (Å²) in [5.41, 5.74) is 2.51. The first-order chi connectivity index (χ1) is 14.5. The first kappa shape index (κ1) is 22.6. The monoisotopic (exact) mass is 413 g/mol. The number of benzene rings is 1. The van der Waals surface area contributed by atoms with Crippen molar-refractivity contribution in [1.29, 1.82) is 0 Å². The van der Waals surface area contributed by atoms with Gasteiger partial charge in [0, 0.05) is 43.5 Å². The number of carbonyl (C=O) groups excluding carboxylic acids is 2. The maximum absolute atomic E-state index is 13.3. The van der Waals surface area contributed by atoms with Gasteiger partial charge < -0.3 is 15.1 Å². The van der Waals surface area contributed by atoms with Crippen molar-refractivity contribution in [2.24, 2.45) is 11.8 Å². The molecule has 2 fully saturated rings. The molecule has 3 rings (SSSR count). The van der Waals surface area contributed by atoms with Gasteiger partial charge in [0.15, 0.2) is 0 Å². The van der Waals surface area contributed by atoms with Crippen molar-refractivity contribution < 1.29 is 9.59 Å². The zero-order chi connectivity index (χ0) is 21.5. The van der Waals surface area contributed by atoms with Gasteiger partial charge >= 0.3 is 0 Å². The third-order valence-electron chi connectivity index (χ3n) is 6.78. The Balaban J connectivity index is 1.82. The number of nitrogens with one attached hydrogen (secondary N) is 1. The molecule has 30 heavy (non-hydrogen) atoms. The zero-order valence-electron chi connectivity index (χ0n) is 19.1. The lowest BCUT2D eigenvalue weighted by Gasteiger charge is -2.34. The summed E-state index contributed by atoms with van der Waals surface area (Å²) in [6.45, 7) is 10.2. The molecule has 0 radical (unpaired) electrons. The van der Waals surface area contributed by atoms with Gasteiger partial charge in [-0.1, -0.05) is 33.6 Å². The molecular formula is C25H39N3O2. The number of likely N-dealkylation sites (tertiary alicyclic amines) is 1. The van der Waals surface area contributed by atoms with Gasteiger partial charge in [0.2, 0.25) is 5.91 Å². The quantitative estimate of drug-likeness (QED) is 0.628. The van der Waals surface area contributed by atoms with Gasteiger partial charge in [-0.15, -0.1) is 0 Å². The number of hydrogen-bond donors (Lipinski definition) is 1. The van der Waals surface area contributed by atoms with Crippen LogP contribution in [0.1, 0.15) is 82.5 Å². The Morgan fingerprint density at radius 1 is 1.10 bits per heavy atom. The molecular weight excluding hydrogens is 374 g/mol. The molecule has 2 aliphatic rings. The first-order valence-corrected chi connectivity index (χ1v) is 12.0. The summed E-state index contributed by atoms with van der Waals surface area (Å²) in [7, 11) is 0. The van der Waals surface area contributed by atoms with E-state index in [4.69, 9.17) is 0 Å². The molecule has 1 atom stereocenters. The van der Waals surface area contributed by atoms with E-state index in [2.05, 4.69) is 31.0 Å². The Hall–Kier alpha value is -2.04. The van der Waals surface area contributed by atoms with Crippen LogP contribution < -0.4 is 10.2 Å². The van der Waals surface area contributed by atoms with Crippen molar-refractivity contribution in [1.82, 2.24) is 4.90 Å². The molecule has 166 valence electrons. The summed E-state index contributed by atoms with van der Waals surface area (Å²) in [6, 6.07) is 5.93. The van der Waals surface area contributed by atoms with Crippen LogP contribution in [0, 0.1) is 11.8 Å². The fourth-order valence-corrected chi connectivity index (χ4v) is 4.62. The summed E-state index contributed by atoms with van der Waals surface area (Å²) in [4.78, 5) is 30.4. The van der Waals surface area contributed by atoms with Crippen molar-refractivity contribution in [3.63, 3.8) is 0 Å². The fraction of sp³-hybridized carbons (Fsp3) is 0.680. The maximum Gasteiger partial charge on any atom is 0.256 e. The summed E-state index contributed by atoms with van der Waals surface area (Å²) >= 11 is 0. The normalized spacial score (nSPS) is 18.5. The Bertz CT molecular complexity index is 719. The highest BCUT2D eigenvalue weighted by molar-refractivity contribution is 6.02. The summed E-state index contributed by atoms with van der Waals surface area (Å²) in [6.07, 6.45) is 8.40. The van der Waals surface area contributed by atoms with E-state index >= 15 is 0 Å². The van der Waals surface area contributed by atoms with Crippen LogP contribution in [0.5, 0.6) is 0 Å². The fourth-order valence-electron chi connectivity index (χ4n) is 4.62. The zero-order valence-corrected chi connectivity index (χ0v) is 19.1. The number of nitrogens with zero attached hydrogens (tertiary/aromatic N) is 2. The summed E-state index contributed by atoms with van der Waals surface area (Å²) < 4.78 is 0. The van der Waals surface area contributed by atoms with Gasteiger partial charge in [0.05, 0.1) is 5.56 Å². The van der Waals surface area contributed by atoms with Crippen molar-refractivity contribution in [2.75, 3.05) is 36.4 Å². The molecule has 2 amide bonds. The highest BCUT2D eigenvalue weighted by Gasteiger charge is 2.26. The standard InChI is InChI=1S/C25H39N3O2/c1-4-6-9-20(5-2)24(29)26-21-10-11-23(27-16-12-19(3)13-17-27)22(18-21)25(30)28-14-7-8-15-28/h10-11,18-20H,4-9,12-17H2,1-3H3,(H,26,29)/t20-/m1/s1. The molecule has 1 N–H and O–H groups in total. The minimum absolute atomic E-state index is 0.0333. The van der Waals surface area contributed by atoms with Crippen LogP contribution in [0.15, 0.2) is 18.2 Å². The highest BCUT2D eigenvalue weighted by Crippen LogP contribution is 2.31. The topological polar surface area (TPSA) is 52.7 Å². The van der Waals surface area contributed by atoms with E-state index in [1.165, 1.54) is 0 Å². The number of hydrogen-bond acceptors (Lipinski definition) is 3. The van der Waals surface area contributed by atoms with Crippen LogP contribution in [0.4, 0.5) is 11.4 Å². The number of carbonyl (C=O) groups is 2. The minimum atomic E-state index is 0.0333. The van der Waals surface area contributed by atoms with Crippen LogP contribution >= 0.6 is 0 Å². The highest BCUT2D eigenvalue weighted by atomic mass is 16.2. The van der Waals surface area contributed by atoms with Crippen molar-refractivity contribution >= 4 is 23.2 Å². The van der Waals surface area contributed by atoms with Gasteiger partial charge in [0.1, 0.15) is 0 Å². The van der Waals surface area contributed by atoms with Gasteiger partial charge in [0.25, 0.3) is 5.91 Å². The summed E-state index contributed by atoms with van der Waals surface area (Å²) in [5.74, 6) is 0.956.